The van der Waals surface area contributed by atoms with E-state index in [9.17, 15) is 14.4 Å². The number of carbonyl (C=O) groups excluding carboxylic acids is 3. The molecule has 1 aromatic heterocycles. The van der Waals surface area contributed by atoms with Gasteiger partial charge >= 0.3 is 6.09 Å². The number of piperazine rings is 1. The average molecular weight is 388 g/mol. The Balaban J connectivity index is 1.63. The molecule has 2 aliphatic rings. The van der Waals surface area contributed by atoms with Gasteiger partial charge in [0.05, 0.1) is 6.61 Å². The molecule has 2 fully saturated rings. The van der Waals surface area contributed by atoms with E-state index in [-0.39, 0.29) is 17.9 Å². The van der Waals surface area contributed by atoms with Crippen molar-refractivity contribution >= 4 is 17.9 Å². The highest BCUT2D eigenvalue weighted by Gasteiger charge is 2.26. The number of amides is 3. The van der Waals surface area contributed by atoms with Gasteiger partial charge in [-0.2, -0.15) is 0 Å². The normalized spacial score (nSPS) is 17.8. The second kappa shape index (κ2) is 9.52. The monoisotopic (exact) mass is 388 g/mol. The summed E-state index contributed by atoms with van der Waals surface area (Å²) in [5.41, 5.74) is 0.774. The maximum atomic E-state index is 12.8. The highest BCUT2D eigenvalue weighted by Crippen LogP contribution is 2.15. The van der Waals surface area contributed by atoms with Gasteiger partial charge in [-0.15, -0.1) is 0 Å². The van der Waals surface area contributed by atoms with Crippen molar-refractivity contribution in [2.24, 2.45) is 0 Å². The molecule has 28 heavy (non-hydrogen) atoms. The van der Waals surface area contributed by atoms with E-state index in [1.165, 1.54) is 6.20 Å². The summed E-state index contributed by atoms with van der Waals surface area (Å²) in [6, 6.07) is 3.23. The number of aromatic nitrogens is 1. The molecule has 2 saturated heterocycles. The van der Waals surface area contributed by atoms with Crippen LogP contribution in [-0.4, -0.2) is 83.5 Å². The fourth-order valence-electron chi connectivity index (χ4n) is 3.61. The summed E-state index contributed by atoms with van der Waals surface area (Å²) in [5.74, 6) is -0.250. The highest BCUT2D eigenvalue weighted by atomic mass is 16.6. The van der Waals surface area contributed by atoms with Gasteiger partial charge in [0, 0.05) is 51.0 Å². The summed E-state index contributed by atoms with van der Waals surface area (Å²) in [5, 5.41) is 0. The molecule has 8 heteroatoms. The Labute approximate surface area is 165 Å². The van der Waals surface area contributed by atoms with Gasteiger partial charge < -0.3 is 19.4 Å². The lowest BCUT2D eigenvalue weighted by molar-refractivity contribution is 0.0570. The maximum Gasteiger partial charge on any atom is 0.409 e. The van der Waals surface area contributed by atoms with E-state index < -0.39 is 0 Å². The minimum atomic E-state index is -0.344. The fourth-order valence-corrected chi connectivity index (χ4v) is 3.61. The molecule has 0 aliphatic carbocycles. The first kappa shape index (κ1) is 20.1. The zero-order valence-electron chi connectivity index (χ0n) is 16.4. The van der Waals surface area contributed by atoms with E-state index in [0.29, 0.717) is 44.0 Å². The number of nitrogens with zero attached hydrogens (tertiary/aromatic N) is 4. The topological polar surface area (TPSA) is 83.0 Å². The summed E-state index contributed by atoms with van der Waals surface area (Å²) in [6.07, 6.45) is 5.49. The predicted octanol–water partition coefficient (Wildman–Crippen LogP) is 2.01. The van der Waals surface area contributed by atoms with Gasteiger partial charge in [-0.05, 0) is 31.9 Å². The summed E-state index contributed by atoms with van der Waals surface area (Å²) in [6.45, 7) is 5.35. The average Bonchev–Trinajstić information content (AvgIpc) is 3.02. The van der Waals surface area contributed by atoms with Crippen molar-refractivity contribution in [3.63, 3.8) is 0 Å². The highest BCUT2D eigenvalue weighted by molar-refractivity contribution is 5.98. The van der Waals surface area contributed by atoms with Crippen LogP contribution in [-0.2, 0) is 4.74 Å². The van der Waals surface area contributed by atoms with Crippen LogP contribution in [0, 0.1) is 0 Å². The van der Waals surface area contributed by atoms with Crippen molar-refractivity contribution in [1.82, 2.24) is 19.7 Å². The molecule has 152 valence electrons. The number of ether oxygens (including phenoxy) is 1. The molecule has 0 saturated carbocycles. The van der Waals surface area contributed by atoms with E-state index in [4.69, 9.17) is 4.74 Å². The molecule has 0 atom stereocenters. The molecule has 0 aromatic carbocycles. The third kappa shape index (κ3) is 4.79. The zero-order valence-corrected chi connectivity index (χ0v) is 16.4. The molecule has 0 N–H and O–H groups in total. The van der Waals surface area contributed by atoms with Crippen LogP contribution in [0.3, 0.4) is 0 Å². The van der Waals surface area contributed by atoms with Gasteiger partial charge in [0.15, 0.2) is 0 Å². The van der Waals surface area contributed by atoms with Gasteiger partial charge in [0.1, 0.15) is 5.69 Å². The second-order valence-electron chi connectivity index (χ2n) is 7.11. The van der Waals surface area contributed by atoms with Gasteiger partial charge in [0.25, 0.3) is 11.8 Å². The van der Waals surface area contributed by atoms with Crippen molar-refractivity contribution < 1.29 is 19.1 Å². The smallest absolute Gasteiger partial charge is 0.409 e. The lowest BCUT2D eigenvalue weighted by Gasteiger charge is -2.34. The number of hydrogen-bond donors (Lipinski definition) is 0. The van der Waals surface area contributed by atoms with Gasteiger partial charge in [-0.3, -0.25) is 14.6 Å². The van der Waals surface area contributed by atoms with Crippen LogP contribution >= 0.6 is 0 Å². The molecule has 2 aliphatic heterocycles. The van der Waals surface area contributed by atoms with Crippen LogP contribution in [0.4, 0.5) is 4.79 Å². The Morgan fingerprint density at radius 2 is 1.50 bits per heavy atom. The number of rotatable bonds is 3. The molecule has 3 heterocycles. The van der Waals surface area contributed by atoms with Crippen molar-refractivity contribution in [2.45, 2.75) is 32.6 Å². The van der Waals surface area contributed by atoms with Crippen LogP contribution in [0.2, 0.25) is 0 Å². The molecular formula is C20H28N4O4. The molecule has 0 unspecified atom stereocenters. The van der Waals surface area contributed by atoms with E-state index in [0.717, 1.165) is 38.8 Å². The summed E-state index contributed by atoms with van der Waals surface area (Å²) in [4.78, 5) is 46.7. The first-order valence-electron chi connectivity index (χ1n) is 10.1. The Bertz CT molecular complexity index is 708. The molecule has 0 radical (unpaired) electrons. The molecule has 3 amide bonds. The number of likely N-dealkylation sites (tertiary alicyclic amines) is 1. The number of pyridine rings is 1. The second-order valence-corrected chi connectivity index (χ2v) is 7.11. The van der Waals surface area contributed by atoms with E-state index in [1.807, 2.05) is 4.90 Å². The zero-order chi connectivity index (χ0) is 19.9. The molecule has 8 nitrogen and oxygen atoms in total. The first-order chi connectivity index (χ1) is 13.6. The lowest BCUT2D eigenvalue weighted by Crippen LogP contribution is -2.50. The van der Waals surface area contributed by atoms with Crippen molar-refractivity contribution in [3.8, 4) is 0 Å². The van der Waals surface area contributed by atoms with E-state index >= 15 is 0 Å². The Hall–Kier alpha value is -2.64. The van der Waals surface area contributed by atoms with Crippen molar-refractivity contribution in [3.05, 3.63) is 29.6 Å². The summed E-state index contributed by atoms with van der Waals surface area (Å²) >= 11 is 0. The quantitative estimate of drug-likeness (QED) is 0.791. The minimum Gasteiger partial charge on any atom is -0.450 e. The molecule has 3 rings (SSSR count). The fraction of sp³-hybridized carbons (Fsp3) is 0.600. The number of carbonyl (C=O) groups is 3. The summed E-state index contributed by atoms with van der Waals surface area (Å²) in [7, 11) is 0. The third-order valence-electron chi connectivity index (χ3n) is 5.21. The Morgan fingerprint density at radius 3 is 2.14 bits per heavy atom. The molecule has 0 bridgehead atoms. The lowest BCUT2D eigenvalue weighted by atomic mass is 10.1. The third-order valence-corrected chi connectivity index (χ3v) is 5.21. The molecule has 1 aromatic rings. The van der Waals surface area contributed by atoms with Crippen LogP contribution in [0.1, 0.15) is 53.5 Å². The van der Waals surface area contributed by atoms with Gasteiger partial charge in [-0.1, -0.05) is 12.8 Å². The van der Waals surface area contributed by atoms with Crippen LogP contribution in [0.25, 0.3) is 0 Å². The van der Waals surface area contributed by atoms with Crippen LogP contribution in [0.5, 0.6) is 0 Å². The Kier molecular flexibility index (Phi) is 6.84. The van der Waals surface area contributed by atoms with Gasteiger partial charge in [-0.25, -0.2) is 4.79 Å². The van der Waals surface area contributed by atoms with E-state index in [2.05, 4.69) is 4.98 Å². The largest absolute Gasteiger partial charge is 0.450 e. The minimum absolute atomic E-state index is 0.108. The van der Waals surface area contributed by atoms with E-state index in [1.54, 1.807) is 28.9 Å². The first-order valence-corrected chi connectivity index (χ1v) is 10.1. The summed E-state index contributed by atoms with van der Waals surface area (Å²) < 4.78 is 5.00. The SMILES string of the molecule is CCOC(=O)N1CCN(C(=O)c2ccnc(C(=O)N3CCCCCC3)c2)CC1. The molecule has 0 spiro atoms. The van der Waals surface area contributed by atoms with Crippen LogP contribution in [0.15, 0.2) is 18.3 Å². The van der Waals surface area contributed by atoms with Crippen LogP contribution < -0.4 is 0 Å². The number of hydrogen-bond acceptors (Lipinski definition) is 5. The predicted molar refractivity (Wildman–Crippen MR) is 103 cm³/mol. The Morgan fingerprint density at radius 1 is 0.893 bits per heavy atom. The maximum absolute atomic E-state index is 12.8. The standard InChI is InChI=1S/C20H28N4O4/c1-2-28-20(27)24-13-11-23(12-14-24)18(25)16-7-8-21-17(15-16)19(26)22-9-5-3-4-6-10-22/h7-8,15H,2-6,9-14H2,1H3. The van der Waals surface area contributed by atoms with Gasteiger partial charge in [0.2, 0.25) is 0 Å². The molecular weight excluding hydrogens is 360 g/mol. The van der Waals surface area contributed by atoms with Crippen molar-refractivity contribution in [1.29, 1.82) is 0 Å². The van der Waals surface area contributed by atoms with Crippen molar-refractivity contribution in [2.75, 3.05) is 45.9 Å².